The topological polar surface area (TPSA) is 43.6 Å². The smallest absolute Gasteiger partial charge is 0.221 e. The molecule has 0 unspecified atom stereocenters. The van der Waals surface area contributed by atoms with E-state index in [4.69, 9.17) is 11.6 Å². The number of alkyl halides is 3. The third-order valence-corrected chi connectivity index (χ3v) is 3.44. The highest BCUT2D eigenvalue weighted by atomic mass is 35.5. The van der Waals surface area contributed by atoms with E-state index in [1.807, 2.05) is 6.07 Å². The molecule has 0 aliphatic rings. The van der Waals surface area contributed by atoms with Crippen LogP contribution in [0.3, 0.4) is 0 Å². The molecule has 0 bridgehead atoms. The van der Waals surface area contributed by atoms with Gasteiger partial charge >= 0.3 is 6.18 Å². The van der Waals surface area contributed by atoms with Gasteiger partial charge in [-0.3, -0.25) is 0 Å². The molecule has 0 amide bonds. The number of aromatic nitrogens is 4. The Kier molecular flexibility index (Phi) is 4.04. The average molecular weight is 339 g/mol. The van der Waals surface area contributed by atoms with E-state index in [0.29, 0.717) is 17.1 Å². The quantitative estimate of drug-likeness (QED) is 0.723. The Balaban J connectivity index is 1.95. The molecule has 0 saturated carbocycles. The van der Waals surface area contributed by atoms with Crippen molar-refractivity contribution in [1.82, 2.24) is 20.2 Å². The van der Waals surface area contributed by atoms with E-state index in [2.05, 4.69) is 15.5 Å². The summed E-state index contributed by atoms with van der Waals surface area (Å²) in [5.74, 6) is 0.260. The van der Waals surface area contributed by atoms with Crippen molar-refractivity contribution in [2.45, 2.75) is 12.7 Å². The Labute approximate surface area is 134 Å². The minimum Gasteiger partial charge on any atom is -0.221 e. The number of halogens is 4. The number of nitrogens with zero attached hydrogens (tertiary/aromatic N) is 4. The lowest BCUT2D eigenvalue weighted by Gasteiger charge is -2.09. The monoisotopic (exact) mass is 338 g/mol. The summed E-state index contributed by atoms with van der Waals surface area (Å²) in [7, 11) is 0. The normalized spacial score (nSPS) is 11.7. The van der Waals surface area contributed by atoms with Crippen molar-refractivity contribution >= 4 is 11.6 Å². The van der Waals surface area contributed by atoms with Crippen LogP contribution in [0.2, 0.25) is 5.02 Å². The van der Waals surface area contributed by atoms with Crippen LogP contribution in [-0.2, 0) is 12.7 Å². The number of benzene rings is 2. The summed E-state index contributed by atoms with van der Waals surface area (Å²) in [4.78, 5) is 0. The summed E-state index contributed by atoms with van der Waals surface area (Å²) in [6.07, 6.45) is -4.42. The van der Waals surface area contributed by atoms with Crippen molar-refractivity contribution in [3.63, 3.8) is 0 Å². The number of hydrogen-bond acceptors (Lipinski definition) is 3. The van der Waals surface area contributed by atoms with Gasteiger partial charge in [-0.2, -0.15) is 13.2 Å². The zero-order valence-electron chi connectivity index (χ0n) is 11.6. The standard InChI is InChI=1S/C15H10ClF3N4/c16-13-6-1-3-10(7-13)9-23-14(20-21-22-23)11-4-2-5-12(8-11)15(17,18)19/h1-8H,9H2. The third-order valence-electron chi connectivity index (χ3n) is 3.20. The number of rotatable bonds is 3. The van der Waals surface area contributed by atoms with E-state index in [1.54, 1.807) is 18.2 Å². The first-order valence-corrected chi connectivity index (χ1v) is 6.99. The van der Waals surface area contributed by atoms with Crippen LogP contribution in [0.4, 0.5) is 13.2 Å². The molecule has 118 valence electrons. The largest absolute Gasteiger partial charge is 0.416 e. The molecule has 23 heavy (non-hydrogen) atoms. The van der Waals surface area contributed by atoms with E-state index in [9.17, 15) is 13.2 Å². The van der Waals surface area contributed by atoms with Gasteiger partial charge in [0.25, 0.3) is 0 Å². The maximum absolute atomic E-state index is 12.8. The first-order chi connectivity index (χ1) is 10.9. The second-order valence-corrected chi connectivity index (χ2v) is 5.31. The average Bonchev–Trinajstić information content (AvgIpc) is 2.95. The molecule has 0 aliphatic heterocycles. The second-order valence-electron chi connectivity index (χ2n) is 4.87. The molecule has 0 radical (unpaired) electrons. The fourth-order valence-electron chi connectivity index (χ4n) is 2.16. The van der Waals surface area contributed by atoms with Gasteiger partial charge in [-0.05, 0) is 40.3 Å². The van der Waals surface area contributed by atoms with Crippen LogP contribution >= 0.6 is 11.6 Å². The minimum atomic E-state index is -4.42. The molecule has 4 nitrogen and oxygen atoms in total. The van der Waals surface area contributed by atoms with Gasteiger partial charge in [0.1, 0.15) is 0 Å². The highest BCUT2D eigenvalue weighted by Crippen LogP contribution is 2.31. The molecule has 1 heterocycles. The van der Waals surface area contributed by atoms with Gasteiger partial charge in [0.05, 0.1) is 12.1 Å². The summed E-state index contributed by atoms with van der Waals surface area (Å²) >= 11 is 5.93. The lowest BCUT2D eigenvalue weighted by atomic mass is 10.1. The molecule has 0 aliphatic carbocycles. The molecule has 0 N–H and O–H groups in total. The Hall–Kier alpha value is -2.41. The summed E-state index contributed by atoms with van der Waals surface area (Å²) < 4.78 is 39.9. The zero-order chi connectivity index (χ0) is 16.4. The molecule has 8 heteroatoms. The third kappa shape index (κ3) is 3.50. The van der Waals surface area contributed by atoms with Gasteiger partial charge in [-0.15, -0.1) is 5.10 Å². The van der Waals surface area contributed by atoms with Crippen LogP contribution in [0.5, 0.6) is 0 Å². The maximum Gasteiger partial charge on any atom is 0.416 e. The SMILES string of the molecule is FC(F)(F)c1cccc(-c2nnnn2Cc2cccc(Cl)c2)c1. The van der Waals surface area contributed by atoms with E-state index >= 15 is 0 Å². The molecule has 0 atom stereocenters. The molecule has 0 saturated heterocycles. The van der Waals surface area contributed by atoms with Crippen molar-refractivity contribution in [3.8, 4) is 11.4 Å². The first-order valence-electron chi connectivity index (χ1n) is 6.62. The Morgan fingerprint density at radius 3 is 2.57 bits per heavy atom. The molecule has 2 aromatic carbocycles. The molecule has 0 fully saturated rings. The van der Waals surface area contributed by atoms with Crippen molar-refractivity contribution < 1.29 is 13.2 Å². The summed E-state index contributed by atoms with van der Waals surface area (Å²) in [5, 5.41) is 11.8. The van der Waals surface area contributed by atoms with Crippen molar-refractivity contribution in [3.05, 3.63) is 64.7 Å². The Bertz CT molecular complexity index is 829. The fraction of sp³-hybridized carbons (Fsp3) is 0.133. The van der Waals surface area contributed by atoms with Crippen molar-refractivity contribution in [2.24, 2.45) is 0 Å². The van der Waals surface area contributed by atoms with Gasteiger partial charge in [0.15, 0.2) is 5.82 Å². The zero-order valence-corrected chi connectivity index (χ0v) is 12.4. The van der Waals surface area contributed by atoms with Crippen molar-refractivity contribution in [1.29, 1.82) is 0 Å². The number of tetrazole rings is 1. The lowest BCUT2D eigenvalue weighted by molar-refractivity contribution is -0.137. The molecular formula is C15H10ClF3N4. The molecule has 3 aromatic rings. The van der Waals surface area contributed by atoms with Gasteiger partial charge in [-0.1, -0.05) is 35.9 Å². The van der Waals surface area contributed by atoms with Gasteiger partial charge in [0.2, 0.25) is 0 Å². The summed E-state index contributed by atoms with van der Waals surface area (Å²) in [6.45, 7) is 0.305. The summed E-state index contributed by atoms with van der Waals surface area (Å²) in [5.41, 5.74) is 0.400. The van der Waals surface area contributed by atoms with Crippen molar-refractivity contribution in [2.75, 3.05) is 0 Å². The molecule has 0 spiro atoms. The van der Waals surface area contributed by atoms with E-state index in [0.717, 1.165) is 17.7 Å². The van der Waals surface area contributed by atoms with E-state index in [-0.39, 0.29) is 5.82 Å². The Morgan fingerprint density at radius 1 is 1.04 bits per heavy atom. The predicted molar refractivity (Wildman–Crippen MR) is 78.8 cm³/mol. The maximum atomic E-state index is 12.8. The van der Waals surface area contributed by atoms with Crippen LogP contribution in [0.1, 0.15) is 11.1 Å². The van der Waals surface area contributed by atoms with Crippen LogP contribution < -0.4 is 0 Å². The van der Waals surface area contributed by atoms with E-state index in [1.165, 1.54) is 16.8 Å². The summed E-state index contributed by atoms with van der Waals surface area (Å²) in [6, 6.07) is 12.0. The van der Waals surface area contributed by atoms with Crippen LogP contribution in [0.15, 0.2) is 48.5 Å². The first kappa shape index (κ1) is 15.5. The lowest BCUT2D eigenvalue weighted by Crippen LogP contribution is -2.07. The van der Waals surface area contributed by atoms with Gasteiger partial charge < -0.3 is 0 Å². The second kappa shape index (κ2) is 6.00. The highest BCUT2D eigenvalue weighted by Gasteiger charge is 2.30. The number of hydrogen-bond donors (Lipinski definition) is 0. The molecular weight excluding hydrogens is 329 g/mol. The minimum absolute atomic E-state index is 0.260. The molecule has 3 rings (SSSR count). The highest BCUT2D eigenvalue weighted by molar-refractivity contribution is 6.30. The van der Waals surface area contributed by atoms with Crippen LogP contribution in [-0.4, -0.2) is 20.2 Å². The van der Waals surface area contributed by atoms with Crippen LogP contribution in [0, 0.1) is 0 Å². The molecule has 1 aromatic heterocycles. The Morgan fingerprint density at radius 2 is 1.83 bits per heavy atom. The predicted octanol–water partition coefficient (Wildman–Crippen LogP) is 4.06. The van der Waals surface area contributed by atoms with Crippen LogP contribution in [0.25, 0.3) is 11.4 Å². The van der Waals surface area contributed by atoms with Gasteiger partial charge in [0, 0.05) is 10.6 Å². The van der Waals surface area contributed by atoms with Gasteiger partial charge in [-0.25, -0.2) is 4.68 Å². The van der Waals surface area contributed by atoms with E-state index < -0.39 is 11.7 Å². The fourth-order valence-corrected chi connectivity index (χ4v) is 2.37.